The Kier molecular flexibility index (Phi) is 4.82. The van der Waals surface area contributed by atoms with Gasteiger partial charge in [-0.25, -0.2) is 12.7 Å². The van der Waals surface area contributed by atoms with E-state index in [0.717, 1.165) is 5.39 Å². The third-order valence-corrected chi connectivity index (χ3v) is 5.91. The van der Waals surface area contributed by atoms with Gasteiger partial charge in [0.25, 0.3) is 0 Å². The Hall–Kier alpha value is -1.14. The molecule has 4 nitrogen and oxygen atoms in total. The Morgan fingerprint density at radius 2 is 1.73 bits per heavy atom. The highest BCUT2D eigenvalue weighted by molar-refractivity contribution is 7.89. The van der Waals surface area contributed by atoms with Crippen LogP contribution in [0, 0.1) is 5.41 Å². The maximum Gasteiger partial charge on any atom is 0.243 e. The first kappa shape index (κ1) is 17.2. The molecule has 0 heterocycles. The monoisotopic (exact) mass is 340 g/mol. The van der Waals surface area contributed by atoms with Crippen LogP contribution in [0.2, 0.25) is 5.02 Å². The minimum Gasteiger partial charge on any atom is -0.330 e. The summed E-state index contributed by atoms with van der Waals surface area (Å²) in [7, 11) is -2.03. The van der Waals surface area contributed by atoms with Crippen LogP contribution >= 0.6 is 11.6 Å². The summed E-state index contributed by atoms with van der Waals surface area (Å²) >= 11 is 6.16. The van der Waals surface area contributed by atoms with E-state index in [2.05, 4.69) is 0 Å². The molecule has 120 valence electrons. The van der Waals surface area contributed by atoms with Crippen LogP contribution in [0.3, 0.4) is 0 Å². The van der Waals surface area contributed by atoms with Gasteiger partial charge in [0.05, 0.1) is 4.90 Å². The number of nitrogens with two attached hydrogens (primary N) is 1. The van der Waals surface area contributed by atoms with Gasteiger partial charge in [0.15, 0.2) is 0 Å². The smallest absolute Gasteiger partial charge is 0.243 e. The van der Waals surface area contributed by atoms with E-state index in [-0.39, 0.29) is 10.3 Å². The minimum atomic E-state index is -3.61. The molecule has 2 N–H and O–H groups in total. The Labute approximate surface area is 136 Å². The Morgan fingerprint density at radius 3 is 2.32 bits per heavy atom. The Morgan fingerprint density at radius 1 is 1.14 bits per heavy atom. The quantitative estimate of drug-likeness (QED) is 0.909. The summed E-state index contributed by atoms with van der Waals surface area (Å²) in [6, 6.07) is 10.4. The molecule has 6 heteroatoms. The van der Waals surface area contributed by atoms with Crippen LogP contribution in [-0.4, -0.2) is 32.9 Å². The van der Waals surface area contributed by atoms with Crippen molar-refractivity contribution in [3.05, 3.63) is 41.4 Å². The van der Waals surface area contributed by atoms with E-state index in [9.17, 15) is 8.42 Å². The van der Waals surface area contributed by atoms with Gasteiger partial charge in [0.1, 0.15) is 0 Å². The van der Waals surface area contributed by atoms with Gasteiger partial charge in [-0.2, -0.15) is 0 Å². The van der Waals surface area contributed by atoms with Crippen LogP contribution in [0.15, 0.2) is 41.3 Å². The number of halogens is 1. The molecule has 0 saturated heterocycles. The van der Waals surface area contributed by atoms with Crippen molar-refractivity contribution >= 4 is 32.4 Å². The van der Waals surface area contributed by atoms with Crippen molar-refractivity contribution in [3.8, 4) is 0 Å². The van der Waals surface area contributed by atoms with E-state index in [1.165, 1.54) is 4.31 Å². The van der Waals surface area contributed by atoms with Crippen LogP contribution in [-0.2, 0) is 10.0 Å². The minimum absolute atomic E-state index is 0.267. The highest BCUT2D eigenvalue weighted by Crippen LogP contribution is 2.31. The molecular weight excluding hydrogens is 320 g/mol. The molecule has 0 radical (unpaired) electrons. The van der Waals surface area contributed by atoms with Crippen molar-refractivity contribution < 1.29 is 8.42 Å². The Balaban J connectivity index is 2.53. The maximum atomic E-state index is 12.9. The summed E-state index contributed by atoms with van der Waals surface area (Å²) in [5, 5.41) is 1.91. The predicted octanol–water partition coefficient (Wildman–Crippen LogP) is 3.10. The van der Waals surface area contributed by atoms with E-state index in [0.29, 0.717) is 23.5 Å². The molecule has 0 unspecified atom stereocenters. The van der Waals surface area contributed by atoms with Crippen molar-refractivity contribution in [1.82, 2.24) is 4.31 Å². The second-order valence-corrected chi connectivity index (χ2v) is 8.64. The van der Waals surface area contributed by atoms with E-state index in [1.54, 1.807) is 25.2 Å². The molecule has 0 aliphatic rings. The van der Waals surface area contributed by atoms with Crippen LogP contribution in [0.1, 0.15) is 13.8 Å². The predicted molar refractivity (Wildman–Crippen MR) is 91.6 cm³/mol. The maximum absolute atomic E-state index is 12.9. The third-order valence-electron chi connectivity index (χ3n) is 3.72. The molecule has 0 bridgehead atoms. The van der Waals surface area contributed by atoms with Gasteiger partial charge in [-0.3, -0.25) is 0 Å². The first-order valence-electron chi connectivity index (χ1n) is 7.03. The van der Waals surface area contributed by atoms with Gasteiger partial charge < -0.3 is 5.73 Å². The highest BCUT2D eigenvalue weighted by atomic mass is 35.5. The largest absolute Gasteiger partial charge is 0.330 e. The number of rotatable bonds is 5. The van der Waals surface area contributed by atoms with E-state index >= 15 is 0 Å². The second-order valence-electron chi connectivity index (χ2n) is 6.22. The lowest BCUT2D eigenvalue weighted by Crippen LogP contribution is -2.39. The van der Waals surface area contributed by atoms with Crippen LogP contribution in [0.4, 0.5) is 0 Å². The van der Waals surface area contributed by atoms with E-state index < -0.39 is 10.0 Å². The molecule has 0 spiro atoms. The average molecular weight is 341 g/mol. The molecule has 22 heavy (non-hydrogen) atoms. The molecule has 0 aliphatic carbocycles. The first-order valence-corrected chi connectivity index (χ1v) is 8.84. The normalized spacial score (nSPS) is 13.0. The molecule has 0 fully saturated rings. The van der Waals surface area contributed by atoms with Crippen LogP contribution in [0.25, 0.3) is 10.8 Å². The van der Waals surface area contributed by atoms with Crippen molar-refractivity contribution in [3.63, 3.8) is 0 Å². The molecule has 0 saturated carbocycles. The van der Waals surface area contributed by atoms with Gasteiger partial charge in [-0.1, -0.05) is 49.7 Å². The highest BCUT2D eigenvalue weighted by Gasteiger charge is 2.28. The lowest BCUT2D eigenvalue weighted by atomic mass is 9.94. The Bertz CT molecular complexity index is 788. The van der Waals surface area contributed by atoms with Gasteiger partial charge in [0, 0.05) is 29.4 Å². The number of benzene rings is 2. The summed E-state index contributed by atoms with van der Waals surface area (Å²) in [6.45, 7) is 4.65. The van der Waals surface area contributed by atoms with Crippen molar-refractivity contribution in [2.24, 2.45) is 11.1 Å². The standard InChI is InChI=1S/C16H21ClN2O2S/c1-16(2,10-18)11-19(3)22(20,21)15-9-8-14(17)12-6-4-5-7-13(12)15/h4-9H,10-11,18H2,1-3H3. The van der Waals surface area contributed by atoms with Gasteiger partial charge >= 0.3 is 0 Å². The molecule has 0 aliphatic heterocycles. The van der Waals surface area contributed by atoms with Gasteiger partial charge in [-0.15, -0.1) is 0 Å². The number of hydrogen-bond donors (Lipinski definition) is 1. The summed E-state index contributed by atoms with van der Waals surface area (Å²) in [4.78, 5) is 0.267. The third kappa shape index (κ3) is 3.27. The SMILES string of the molecule is CN(CC(C)(C)CN)S(=O)(=O)c1ccc(Cl)c2ccccc12. The average Bonchev–Trinajstić information content (AvgIpc) is 2.47. The fraction of sp³-hybridized carbons (Fsp3) is 0.375. The number of nitrogens with zero attached hydrogens (tertiary/aromatic N) is 1. The van der Waals surface area contributed by atoms with Gasteiger partial charge in [0.2, 0.25) is 10.0 Å². The van der Waals surface area contributed by atoms with E-state index in [1.807, 2.05) is 32.0 Å². The molecule has 2 aromatic carbocycles. The zero-order valence-corrected chi connectivity index (χ0v) is 14.6. The topological polar surface area (TPSA) is 63.4 Å². The summed E-state index contributed by atoms with van der Waals surface area (Å²) < 4.78 is 27.1. The summed E-state index contributed by atoms with van der Waals surface area (Å²) in [5.41, 5.74) is 5.42. The molecule has 0 aromatic heterocycles. The number of sulfonamides is 1. The number of hydrogen-bond acceptors (Lipinski definition) is 3. The first-order chi connectivity index (χ1) is 10.2. The summed E-state index contributed by atoms with van der Waals surface area (Å²) in [6.07, 6.45) is 0. The van der Waals surface area contributed by atoms with Crippen LogP contribution < -0.4 is 5.73 Å². The zero-order valence-electron chi connectivity index (χ0n) is 13.0. The molecule has 0 amide bonds. The second kappa shape index (κ2) is 6.16. The fourth-order valence-electron chi connectivity index (χ4n) is 2.38. The molecule has 2 aromatic rings. The lowest BCUT2D eigenvalue weighted by molar-refractivity contribution is 0.292. The van der Waals surface area contributed by atoms with Crippen molar-refractivity contribution in [2.45, 2.75) is 18.7 Å². The van der Waals surface area contributed by atoms with E-state index in [4.69, 9.17) is 17.3 Å². The van der Waals surface area contributed by atoms with Crippen molar-refractivity contribution in [2.75, 3.05) is 20.1 Å². The number of fused-ring (bicyclic) bond motifs is 1. The molecule has 2 rings (SSSR count). The molecular formula is C16H21ClN2O2S. The fourth-order valence-corrected chi connectivity index (χ4v) is 4.16. The van der Waals surface area contributed by atoms with Crippen LogP contribution in [0.5, 0.6) is 0 Å². The summed E-state index contributed by atoms with van der Waals surface area (Å²) in [5.74, 6) is 0. The van der Waals surface area contributed by atoms with Crippen molar-refractivity contribution in [1.29, 1.82) is 0 Å². The molecule has 0 atom stereocenters. The van der Waals surface area contributed by atoms with Gasteiger partial charge in [-0.05, 0) is 24.1 Å². The lowest BCUT2D eigenvalue weighted by Gasteiger charge is -2.28. The zero-order chi connectivity index (χ0) is 16.5.